The second kappa shape index (κ2) is 6.10. The van der Waals surface area contributed by atoms with Crippen LogP contribution >= 0.6 is 0 Å². The summed E-state index contributed by atoms with van der Waals surface area (Å²) in [5, 5.41) is 12.4. The molecule has 2 rings (SSSR count). The van der Waals surface area contributed by atoms with Gasteiger partial charge in [0.2, 0.25) is 0 Å². The van der Waals surface area contributed by atoms with E-state index in [4.69, 9.17) is 4.74 Å². The van der Waals surface area contributed by atoms with Crippen LogP contribution in [0.15, 0.2) is 42.5 Å². The summed E-state index contributed by atoms with van der Waals surface area (Å²) in [6, 6.07) is 12.1. The van der Waals surface area contributed by atoms with E-state index in [1.165, 1.54) is 6.07 Å². The number of phenols is 1. The van der Waals surface area contributed by atoms with Crippen LogP contribution in [0.5, 0.6) is 11.5 Å². The second-order valence-corrected chi connectivity index (χ2v) is 4.38. The van der Waals surface area contributed by atoms with Crippen molar-refractivity contribution in [3.8, 4) is 11.5 Å². The van der Waals surface area contributed by atoms with Gasteiger partial charge in [0, 0.05) is 5.56 Å². The molecule has 20 heavy (non-hydrogen) atoms. The molecule has 0 spiro atoms. The lowest BCUT2D eigenvalue weighted by Gasteiger charge is -2.11. The normalized spacial score (nSPS) is 10.1. The Morgan fingerprint density at radius 1 is 1.25 bits per heavy atom. The highest BCUT2D eigenvalue weighted by molar-refractivity contribution is 6.05. The summed E-state index contributed by atoms with van der Waals surface area (Å²) in [7, 11) is 0. The molecule has 0 aliphatic heterocycles. The highest BCUT2D eigenvalue weighted by Gasteiger charge is 2.10. The van der Waals surface area contributed by atoms with Crippen LogP contribution < -0.4 is 10.1 Å². The Bertz CT molecular complexity index is 623. The van der Waals surface area contributed by atoms with Gasteiger partial charge in [0.05, 0.1) is 12.3 Å². The summed E-state index contributed by atoms with van der Waals surface area (Å²) in [6.45, 7) is 4.19. The fourth-order valence-corrected chi connectivity index (χ4v) is 1.80. The van der Waals surface area contributed by atoms with Crippen molar-refractivity contribution in [3.63, 3.8) is 0 Å². The number of para-hydroxylation sites is 2. The first-order valence-corrected chi connectivity index (χ1v) is 6.44. The summed E-state index contributed by atoms with van der Waals surface area (Å²) in [5.41, 5.74) is 1.75. The Hall–Kier alpha value is -2.49. The third-order valence-electron chi connectivity index (χ3n) is 2.91. The molecule has 0 aliphatic carbocycles. The first kappa shape index (κ1) is 13.9. The summed E-state index contributed by atoms with van der Waals surface area (Å²) in [6.07, 6.45) is 0. The van der Waals surface area contributed by atoms with Crippen LogP contribution in [0, 0.1) is 6.92 Å². The number of anilines is 1. The lowest BCUT2D eigenvalue weighted by atomic mass is 10.1. The summed E-state index contributed by atoms with van der Waals surface area (Å²) in [4.78, 5) is 12.2. The van der Waals surface area contributed by atoms with Gasteiger partial charge < -0.3 is 15.2 Å². The Morgan fingerprint density at radius 2 is 2.00 bits per heavy atom. The van der Waals surface area contributed by atoms with E-state index >= 15 is 0 Å². The molecular formula is C16H17NO3. The van der Waals surface area contributed by atoms with E-state index < -0.39 is 0 Å². The van der Waals surface area contributed by atoms with Crippen molar-refractivity contribution in [2.45, 2.75) is 13.8 Å². The highest BCUT2D eigenvalue weighted by atomic mass is 16.5. The molecule has 1 amide bonds. The zero-order valence-electron chi connectivity index (χ0n) is 11.5. The van der Waals surface area contributed by atoms with E-state index in [-0.39, 0.29) is 11.7 Å². The Labute approximate surface area is 118 Å². The number of aryl methyl sites for hydroxylation is 1. The van der Waals surface area contributed by atoms with E-state index in [1.54, 1.807) is 31.2 Å². The van der Waals surface area contributed by atoms with E-state index in [0.717, 1.165) is 5.56 Å². The minimum absolute atomic E-state index is 0.107. The summed E-state index contributed by atoms with van der Waals surface area (Å²) >= 11 is 0. The van der Waals surface area contributed by atoms with Gasteiger partial charge in [-0.05, 0) is 43.7 Å². The third-order valence-corrected chi connectivity index (χ3v) is 2.91. The van der Waals surface area contributed by atoms with Crippen LogP contribution in [0.2, 0.25) is 0 Å². The quantitative estimate of drug-likeness (QED) is 0.896. The maximum Gasteiger partial charge on any atom is 0.255 e. The van der Waals surface area contributed by atoms with Crippen molar-refractivity contribution in [2.75, 3.05) is 11.9 Å². The second-order valence-electron chi connectivity index (χ2n) is 4.38. The standard InChI is InChI=1S/C16H17NO3/c1-3-20-15-7-5-4-6-13(15)17-16(19)12-9-8-11(2)14(18)10-12/h4-10,18H,3H2,1-2H3,(H,17,19). The molecule has 0 saturated heterocycles. The largest absolute Gasteiger partial charge is 0.508 e. The van der Waals surface area contributed by atoms with Crippen molar-refractivity contribution in [1.29, 1.82) is 0 Å². The van der Waals surface area contributed by atoms with Gasteiger partial charge in [-0.25, -0.2) is 0 Å². The Balaban J connectivity index is 2.21. The molecule has 0 aromatic heterocycles. The molecule has 4 heteroatoms. The maximum atomic E-state index is 12.2. The SMILES string of the molecule is CCOc1ccccc1NC(=O)c1ccc(C)c(O)c1. The zero-order chi connectivity index (χ0) is 14.5. The number of hydrogen-bond donors (Lipinski definition) is 2. The predicted octanol–water partition coefficient (Wildman–Crippen LogP) is 3.35. The van der Waals surface area contributed by atoms with Crippen LogP contribution in [0.25, 0.3) is 0 Å². The smallest absolute Gasteiger partial charge is 0.255 e. The number of ether oxygens (including phenoxy) is 1. The fraction of sp³-hybridized carbons (Fsp3) is 0.188. The average Bonchev–Trinajstić information content (AvgIpc) is 2.44. The first-order chi connectivity index (χ1) is 9.61. The summed E-state index contributed by atoms with van der Waals surface area (Å²) in [5.74, 6) is 0.447. The molecule has 0 saturated carbocycles. The van der Waals surface area contributed by atoms with Gasteiger partial charge in [-0.3, -0.25) is 4.79 Å². The predicted molar refractivity (Wildman–Crippen MR) is 78.4 cm³/mol. The molecule has 0 atom stereocenters. The number of carbonyl (C=O) groups excluding carboxylic acids is 1. The molecule has 0 unspecified atom stereocenters. The van der Waals surface area contributed by atoms with E-state index in [0.29, 0.717) is 23.6 Å². The van der Waals surface area contributed by atoms with Gasteiger partial charge in [-0.15, -0.1) is 0 Å². The molecule has 4 nitrogen and oxygen atoms in total. The number of aromatic hydroxyl groups is 1. The minimum atomic E-state index is -0.285. The molecular weight excluding hydrogens is 254 g/mol. The molecule has 2 N–H and O–H groups in total. The lowest BCUT2D eigenvalue weighted by molar-refractivity contribution is 0.102. The number of nitrogens with one attached hydrogen (secondary N) is 1. The summed E-state index contributed by atoms with van der Waals surface area (Å²) < 4.78 is 5.45. The lowest BCUT2D eigenvalue weighted by Crippen LogP contribution is -2.12. The van der Waals surface area contributed by atoms with Gasteiger partial charge in [0.15, 0.2) is 0 Å². The highest BCUT2D eigenvalue weighted by Crippen LogP contribution is 2.25. The molecule has 0 aliphatic rings. The number of phenolic OH excluding ortho intramolecular Hbond substituents is 1. The van der Waals surface area contributed by atoms with Crippen molar-refractivity contribution in [1.82, 2.24) is 0 Å². The Kier molecular flexibility index (Phi) is 4.25. The van der Waals surface area contributed by atoms with Crippen molar-refractivity contribution >= 4 is 11.6 Å². The first-order valence-electron chi connectivity index (χ1n) is 6.44. The van der Waals surface area contributed by atoms with Crippen molar-refractivity contribution < 1.29 is 14.6 Å². The minimum Gasteiger partial charge on any atom is -0.508 e. The number of hydrogen-bond acceptors (Lipinski definition) is 3. The topological polar surface area (TPSA) is 58.6 Å². The number of carbonyl (C=O) groups is 1. The number of rotatable bonds is 4. The van der Waals surface area contributed by atoms with Gasteiger partial charge in [-0.2, -0.15) is 0 Å². The van der Waals surface area contributed by atoms with Crippen LogP contribution in [-0.2, 0) is 0 Å². The van der Waals surface area contributed by atoms with E-state index in [9.17, 15) is 9.90 Å². The average molecular weight is 271 g/mol. The van der Waals surface area contributed by atoms with Crippen LogP contribution in [0.1, 0.15) is 22.8 Å². The van der Waals surface area contributed by atoms with Gasteiger partial charge in [-0.1, -0.05) is 18.2 Å². The molecule has 104 valence electrons. The molecule has 0 bridgehead atoms. The van der Waals surface area contributed by atoms with E-state index in [1.807, 2.05) is 19.1 Å². The maximum absolute atomic E-state index is 12.2. The molecule has 0 radical (unpaired) electrons. The number of amides is 1. The molecule has 2 aromatic carbocycles. The molecule has 0 fully saturated rings. The fourth-order valence-electron chi connectivity index (χ4n) is 1.80. The van der Waals surface area contributed by atoms with Crippen LogP contribution in [0.4, 0.5) is 5.69 Å². The van der Waals surface area contributed by atoms with Crippen LogP contribution in [0.3, 0.4) is 0 Å². The van der Waals surface area contributed by atoms with Crippen LogP contribution in [-0.4, -0.2) is 17.6 Å². The van der Waals surface area contributed by atoms with Gasteiger partial charge in [0.25, 0.3) is 5.91 Å². The Morgan fingerprint density at radius 3 is 2.70 bits per heavy atom. The zero-order valence-corrected chi connectivity index (χ0v) is 11.5. The van der Waals surface area contributed by atoms with Crippen molar-refractivity contribution in [2.24, 2.45) is 0 Å². The van der Waals surface area contributed by atoms with Gasteiger partial charge >= 0.3 is 0 Å². The third kappa shape index (κ3) is 3.09. The van der Waals surface area contributed by atoms with E-state index in [2.05, 4.69) is 5.32 Å². The van der Waals surface area contributed by atoms with Gasteiger partial charge in [0.1, 0.15) is 11.5 Å². The van der Waals surface area contributed by atoms with Crippen molar-refractivity contribution in [3.05, 3.63) is 53.6 Å². The molecule has 2 aromatic rings. The number of benzene rings is 2. The monoisotopic (exact) mass is 271 g/mol. The molecule has 0 heterocycles.